The van der Waals surface area contributed by atoms with Gasteiger partial charge in [-0.3, -0.25) is 4.79 Å². The zero-order valence-corrected chi connectivity index (χ0v) is 10.5. The topological polar surface area (TPSA) is 30.2 Å². The maximum atomic E-state index is 12.1. The number of hydrogen-bond acceptors (Lipinski definition) is 2. The lowest BCUT2D eigenvalue weighted by atomic mass is 10.1. The smallest absolute Gasteiger partial charge is 0.229 e. The van der Waals surface area contributed by atoms with Crippen molar-refractivity contribution in [3.63, 3.8) is 0 Å². The average Bonchev–Trinajstić information content (AvgIpc) is 2.76. The fourth-order valence-corrected chi connectivity index (χ4v) is 1.95. The number of ketones is 1. The molecule has 1 heterocycles. The van der Waals surface area contributed by atoms with E-state index in [0.29, 0.717) is 16.3 Å². The Morgan fingerprint density at radius 3 is 2.65 bits per heavy atom. The summed E-state index contributed by atoms with van der Waals surface area (Å²) in [5.41, 5.74) is 1.51. The first kappa shape index (κ1) is 11.9. The number of rotatable bonds is 3. The van der Waals surface area contributed by atoms with Crippen molar-refractivity contribution in [2.75, 3.05) is 0 Å². The Morgan fingerprint density at radius 1 is 1.29 bits per heavy atom. The van der Waals surface area contributed by atoms with Crippen molar-refractivity contribution in [1.82, 2.24) is 0 Å². The molecule has 2 rings (SSSR count). The maximum absolute atomic E-state index is 12.1. The zero-order chi connectivity index (χ0) is 12.4. The SMILES string of the molecule is CCc1ccc(C(=O)c2ccc(C)cc2Cl)o1. The summed E-state index contributed by atoms with van der Waals surface area (Å²) < 4.78 is 5.43. The lowest BCUT2D eigenvalue weighted by Crippen LogP contribution is -2.00. The monoisotopic (exact) mass is 248 g/mol. The Labute approximate surface area is 105 Å². The quantitative estimate of drug-likeness (QED) is 0.768. The Kier molecular flexibility index (Phi) is 3.34. The van der Waals surface area contributed by atoms with Gasteiger partial charge >= 0.3 is 0 Å². The van der Waals surface area contributed by atoms with Gasteiger partial charge in [0.1, 0.15) is 5.76 Å². The van der Waals surface area contributed by atoms with Crippen LogP contribution in [0.2, 0.25) is 5.02 Å². The van der Waals surface area contributed by atoms with E-state index >= 15 is 0 Å². The molecular formula is C14H13ClO2. The highest BCUT2D eigenvalue weighted by Crippen LogP contribution is 2.22. The van der Waals surface area contributed by atoms with E-state index in [4.69, 9.17) is 16.0 Å². The van der Waals surface area contributed by atoms with E-state index in [1.165, 1.54) is 0 Å². The summed E-state index contributed by atoms with van der Waals surface area (Å²) in [6.07, 6.45) is 0.773. The molecule has 0 aliphatic carbocycles. The molecule has 0 saturated heterocycles. The molecule has 0 atom stereocenters. The number of benzene rings is 1. The minimum Gasteiger partial charge on any atom is -0.458 e. The van der Waals surface area contributed by atoms with Crippen LogP contribution in [-0.2, 0) is 6.42 Å². The third-order valence-electron chi connectivity index (χ3n) is 2.60. The molecule has 17 heavy (non-hydrogen) atoms. The van der Waals surface area contributed by atoms with Gasteiger partial charge in [0.15, 0.2) is 5.76 Å². The number of furan rings is 1. The highest BCUT2D eigenvalue weighted by Gasteiger charge is 2.16. The first-order chi connectivity index (χ1) is 8.11. The lowest BCUT2D eigenvalue weighted by molar-refractivity contribution is 0.101. The van der Waals surface area contributed by atoms with Crippen molar-refractivity contribution in [3.05, 3.63) is 58.0 Å². The summed E-state index contributed by atoms with van der Waals surface area (Å²) in [4.78, 5) is 12.1. The second kappa shape index (κ2) is 4.76. The molecule has 0 bridgehead atoms. The van der Waals surface area contributed by atoms with Crippen LogP contribution in [0.3, 0.4) is 0 Å². The molecular weight excluding hydrogens is 236 g/mol. The predicted octanol–water partition coefficient (Wildman–Crippen LogP) is 4.03. The van der Waals surface area contributed by atoms with Gasteiger partial charge in [-0.15, -0.1) is 0 Å². The van der Waals surface area contributed by atoms with Gasteiger partial charge in [0.25, 0.3) is 0 Å². The number of carbonyl (C=O) groups excluding carboxylic acids is 1. The Morgan fingerprint density at radius 2 is 2.06 bits per heavy atom. The number of carbonyl (C=O) groups is 1. The van der Waals surface area contributed by atoms with Crippen LogP contribution < -0.4 is 0 Å². The van der Waals surface area contributed by atoms with Gasteiger partial charge in [-0.05, 0) is 36.8 Å². The van der Waals surface area contributed by atoms with Gasteiger partial charge in [-0.2, -0.15) is 0 Å². The minimum absolute atomic E-state index is 0.172. The van der Waals surface area contributed by atoms with Crippen molar-refractivity contribution in [3.8, 4) is 0 Å². The fourth-order valence-electron chi connectivity index (χ4n) is 1.63. The fraction of sp³-hybridized carbons (Fsp3) is 0.214. The highest BCUT2D eigenvalue weighted by molar-refractivity contribution is 6.34. The minimum atomic E-state index is -0.172. The van der Waals surface area contributed by atoms with Crippen molar-refractivity contribution < 1.29 is 9.21 Å². The van der Waals surface area contributed by atoms with Gasteiger partial charge in [0.05, 0.1) is 5.02 Å². The maximum Gasteiger partial charge on any atom is 0.229 e. The van der Waals surface area contributed by atoms with Crippen LogP contribution in [-0.4, -0.2) is 5.78 Å². The molecule has 0 amide bonds. The summed E-state index contributed by atoms with van der Waals surface area (Å²) in [6, 6.07) is 8.88. The van der Waals surface area contributed by atoms with Crippen molar-refractivity contribution >= 4 is 17.4 Å². The molecule has 0 saturated carbocycles. The van der Waals surface area contributed by atoms with E-state index in [-0.39, 0.29) is 5.78 Å². The van der Waals surface area contributed by atoms with Gasteiger partial charge in [-0.25, -0.2) is 0 Å². The molecule has 0 radical (unpaired) electrons. The van der Waals surface area contributed by atoms with E-state index in [9.17, 15) is 4.79 Å². The largest absolute Gasteiger partial charge is 0.458 e. The molecule has 0 fully saturated rings. The predicted molar refractivity (Wildman–Crippen MR) is 67.7 cm³/mol. The van der Waals surface area contributed by atoms with Crippen LogP contribution in [0.4, 0.5) is 0 Å². The van der Waals surface area contributed by atoms with Crippen LogP contribution in [0.15, 0.2) is 34.7 Å². The van der Waals surface area contributed by atoms with Crippen LogP contribution in [0.1, 0.15) is 34.4 Å². The molecule has 0 N–H and O–H groups in total. The second-order valence-corrected chi connectivity index (χ2v) is 4.34. The third kappa shape index (κ3) is 2.42. The van der Waals surface area contributed by atoms with E-state index in [1.54, 1.807) is 18.2 Å². The Hall–Kier alpha value is -1.54. The van der Waals surface area contributed by atoms with E-state index in [0.717, 1.165) is 17.7 Å². The lowest BCUT2D eigenvalue weighted by Gasteiger charge is -2.02. The average molecular weight is 249 g/mol. The first-order valence-corrected chi connectivity index (χ1v) is 5.89. The van der Waals surface area contributed by atoms with Crippen molar-refractivity contribution in [2.45, 2.75) is 20.3 Å². The molecule has 0 unspecified atom stereocenters. The molecule has 0 aliphatic heterocycles. The van der Waals surface area contributed by atoms with Crippen molar-refractivity contribution in [2.24, 2.45) is 0 Å². The molecule has 0 aliphatic rings. The number of halogens is 1. The molecule has 88 valence electrons. The molecule has 1 aromatic carbocycles. The Bertz CT molecular complexity index is 555. The van der Waals surface area contributed by atoms with Crippen LogP contribution in [0.5, 0.6) is 0 Å². The third-order valence-corrected chi connectivity index (χ3v) is 2.92. The Balaban J connectivity index is 2.36. The summed E-state index contributed by atoms with van der Waals surface area (Å²) in [7, 11) is 0. The number of hydrogen-bond donors (Lipinski definition) is 0. The molecule has 3 heteroatoms. The molecule has 2 aromatic rings. The molecule has 2 nitrogen and oxygen atoms in total. The van der Waals surface area contributed by atoms with Crippen molar-refractivity contribution in [1.29, 1.82) is 0 Å². The van der Waals surface area contributed by atoms with E-state index in [1.807, 2.05) is 26.0 Å². The normalized spacial score (nSPS) is 10.5. The van der Waals surface area contributed by atoms with Gasteiger partial charge in [0, 0.05) is 12.0 Å². The highest BCUT2D eigenvalue weighted by atomic mass is 35.5. The summed E-state index contributed by atoms with van der Waals surface area (Å²) >= 11 is 6.05. The van der Waals surface area contributed by atoms with Crippen LogP contribution >= 0.6 is 11.6 Å². The van der Waals surface area contributed by atoms with Gasteiger partial charge in [0.2, 0.25) is 5.78 Å². The van der Waals surface area contributed by atoms with Gasteiger partial charge in [-0.1, -0.05) is 24.6 Å². The zero-order valence-electron chi connectivity index (χ0n) is 9.79. The summed E-state index contributed by atoms with van der Waals surface area (Å²) in [5, 5.41) is 0.462. The van der Waals surface area contributed by atoms with Gasteiger partial charge < -0.3 is 4.42 Å². The second-order valence-electron chi connectivity index (χ2n) is 3.93. The summed E-state index contributed by atoms with van der Waals surface area (Å²) in [5.74, 6) is 0.971. The first-order valence-electron chi connectivity index (χ1n) is 5.51. The van der Waals surface area contributed by atoms with E-state index in [2.05, 4.69) is 0 Å². The van der Waals surface area contributed by atoms with Crippen LogP contribution in [0, 0.1) is 6.92 Å². The van der Waals surface area contributed by atoms with Crippen LogP contribution in [0.25, 0.3) is 0 Å². The molecule has 0 spiro atoms. The molecule has 1 aromatic heterocycles. The number of aryl methyl sites for hydroxylation is 2. The van der Waals surface area contributed by atoms with E-state index < -0.39 is 0 Å². The summed E-state index contributed by atoms with van der Waals surface area (Å²) in [6.45, 7) is 3.91. The standard InChI is InChI=1S/C14H13ClO2/c1-3-10-5-7-13(17-10)14(16)11-6-4-9(2)8-12(11)15/h4-8H,3H2,1-2H3.